The largest absolute Gasteiger partial charge is 0.457 e. The van der Waals surface area contributed by atoms with Crippen LogP contribution < -0.4 is 4.74 Å². The topological polar surface area (TPSA) is 14.2 Å². The number of para-hydroxylation sites is 2. The zero-order valence-electron chi connectivity index (χ0n) is 26.3. The molecule has 224 valence electrons. The van der Waals surface area contributed by atoms with Gasteiger partial charge in [0, 0.05) is 16.2 Å². The van der Waals surface area contributed by atoms with E-state index in [1.54, 1.807) is 0 Å². The Morgan fingerprint density at radius 3 is 1.72 bits per heavy atom. The Morgan fingerprint density at radius 2 is 1.06 bits per heavy atom. The number of fused-ring (bicyclic) bond motifs is 5. The zero-order valence-corrected chi connectivity index (χ0v) is 26.3. The van der Waals surface area contributed by atoms with Crippen molar-refractivity contribution in [1.82, 2.24) is 4.57 Å². The summed E-state index contributed by atoms with van der Waals surface area (Å²) in [6, 6.07) is 52.1. The van der Waals surface area contributed by atoms with E-state index in [1.165, 1.54) is 71.6 Å². The van der Waals surface area contributed by atoms with Crippen molar-refractivity contribution in [2.24, 2.45) is 0 Å². The predicted molar refractivity (Wildman–Crippen MR) is 198 cm³/mol. The highest BCUT2D eigenvalue weighted by molar-refractivity contribution is 6.11. The predicted octanol–water partition coefficient (Wildman–Crippen LogP) is 12.3. The van der Waals surface area contributed by atoms with E-state index in [-0.39, 0.29) is 0 Å². The summed E-state index contributed by atoms with van der Waals surface area (Å²) >= 11 is 0. The van der Waals surface area contributed by atoms with Crippen LogP contribution in [0.2, 0.25) is 0 Å². The van der Waals surface area contributed by atoms with Crippen molar-refractivity contribution in [2.75, 3.05) is 0 Å². The van der Waals surface area contributed by atoms with E-state index in [9.17, 15) is 0 Å². The Balaban J connectivity index is 1.03. The Kier molecular flexibility index (Phi) is 6.53. The van der Waals surface area contributed by atoms with Gasteiger partial charge >= 0.3 is 0 Å². The summed E-state index contributed by atoms with van der Waals surface area (Å²) in [5.41, 5.74) is 12.7. The van der Waals surface area contributed by atoms with Crippen LogP contribution in [0.4, 0.5) is 0 Å². The summed E-state index contributed by atoms with van der Waals surface area (Å²) in [6.45, 7) is 2.22. The molecule has 0 atom stereocenters. The smallest absolute Gasteiger partial charge is 0.127 e. The number of aromatic nitrogens is 1. The van der Waals surface area contributed by atoms with Crippen LogP contribution in [-0.4, -0.2) is 4.57 Å². The molecule has 7 aromatic carbocycles. The molecule has 9 rings (SSSR count). The van der Waals surface area contributed by atoms with Crippen molar-refractivity contribution >= 4 is 38.7 Å². The minimum atomic E-state index is 0.823. The average molecular weight is 604 g/mol. The molecule has 0 aliphatic heterocycles. The van der Waals surface area contributed by atoms with Gasteiger partial charge < -0.3 is 9.30 Å². The number of hydrogen-bond donors (Lipinski definition) is 0. The average Bonchev–Trinajstić information content (AvgIpc) is 3.47. The number of ether oxygens (including phenoxy) is 1. The summed E-state index contributed by atoms with van der Waals surface area (Å²) in [6.07, 6.45) is 6.81. The number of benzene rings is 7. The highest BCUT2D eigenvalue weighted by atomic mass is 16.5. The maximum Gasteiger partial charge on any atom is 0.127 e. The summed E-state index contributed by atoms with van der Waals surface area (Å²) in [5, 5.41) is 4.99. The third-order valence-corrected chi connectivity index (χ3v) is 9.73. The maximum absolute atomic E-state index is 6.31. The SMILES string of the molecule is Cc1ccc(-c2ccc(Oc3ccc(-c4ccc(-n5c6ccccc6c6ccccc65)c5ccccc45)cc3)cc2)c2c1CCC=C2. The number of rotatable bonds is 5. The second-order valence-electron chi connectivity index (χ2n) is 12.5. The zero-order chi connectivity index (χ0) is 31.3. The van der Waals surface area contributed by atoms with E-state index in [4.69, 9.17) is 4.74 Å². The molecule has 0 saturated heterocycles. The molecule has 0 radical (unpaired) electrons. The van der Waals surface area contributed by atoms with Crippen LogP contribution in [-0.2, 0) is 6.42 Å². The van der Waals surface area contributed by atoms with Crippen LogP contribution in [0.25, 0.3) is 66.6 Å². The van der Waals surface area contributed by atoms with Gasteiger partial charge in [-0.25, -0.2) is 0 Å². The fourth-order valence-corrected chi connectivity index (χ4v) is 7.43. The number of hydrogen-bond acceptors (Lipinski definition) is 1. The number of nitrogens with zero attached hydrogens (tertiary/aromatic N) is 1. The van der Waals surface area contributed by atoms with E-state index in [1.807, 2.05) is 0 Å². The van der Waals surface area contributed by atoms with E-state index in [0.29, 0.717) is 0 Å². The van der Waals surface area contributed by atoms with Crippen LogP contribution in [0.3, 0.4) is 0 Å². The summed E-state index contributed by atoms with van der Waals surface area (Å²) in [4.78, 5) is 0. The van der Waals surface area contributed by atoms with Gasteiger partial charge in [0.25, 0.3) is 0 Å². The first-order valence-corrected chi connectivity index (χ1v) is 16.4. The molecule has 47 heavy (non-hydrogen) atoms. The Morgan fingerprint density at radius 1 is 0.511 bits per heavy atom. The second-order valence-corrected chi connectivity index (χ2v) is 12.5. The lowest BCUT2D eigenvalue weighted by Crippen LogP contribution is -1.99. The third kappa shape index (κ3) is 4.64. The van der Waals surface area contributed by atoms with Gasteiger partial charge in [0.2, 0.25) is 0 Å². The van der Waals surface area contributed by atoms with Gasteiger partial charge in [-0.05, 0) is 107 Å². The fourth-order valence-electron chi connectivity index (χ4n) is 7.43. The van der Waals surface area contributed by atoms with Crippen LogP contribution in [0.5, 0.6) is 11.5 Å². The summed E-state index contributed by atoms with van der Waals surface area (Å²) in [7, 11) is 0. The van der Waals surface area contributed by atoms with Crippen molar-refractivity contribution < 1.29 is 4.74 Å². The van der Waals surface area contributed by atoms with Crippen molar-refractivity contribution in [3.05, 3.63) is 168 Å². The molecule has 0 bridgehead atoms. The van der Waals surface area contributed by atoms with Crippen molar-refractivity contribution in [1.29, 1.82) is 0 Å². The maximum atomic E-state index is 6.31. The highest BCUT2D eigenvalue weighted by Crippen LogP contribution is 2.39. The van der Waals surface area contributed by atoms with Gasteiger partial charge in [0.1, 0.15) is 11.5 Å². The molecule has 2 heteroatoms. The van der Waals surface area contributed by atoms with Gasteiger partial charge in [-0.3, -0.25) is 0 Å². The normalized spacial score (nSPS) is 12.5. The molecule has 8 aromatic rings. The molecular formula is C45H33NO. The first kappa shape index (κ1) is 27.5. The fraction of sp³-hybridized carbons (Fsp3) is 0.0667. The lowest BCUT2D eigenvalue weighted by molar-refractivity contribution is 0.483. The molecule has 1 aromatic heterocycles. The first-order valence-electron chi connectivity index (χ1n) is 16.4. The van der Waals surface area contributed by atoms with Crippen LogP contribution in [0.15, 0.2) is 152 Å². The molecule has 0 unspecified atom stereocenters. The number of aryl methyl sites for hydroxylation is 1. The first-order chi connectivity index (χ1) is 23.2. The Bertz CT molecular complexity index is 2430. The van der Waals surface area contributed by atoms with Gasteiger partial charge in [0.15, 0.2) is 0 Å². The van der Waals surface area contributed by atoms with Crippen LogP contribution >= 0.6 is 0 Å². The minimum absolute atomic E-state index is 0.823. The summed E-state index contributed by atoms with van der Waals surface area (Å²) in [5.74, 6) is 1.65. The summed E-state index contributed by atoms with van der Waals surface area (Å²) < 4.78 is 8.72. The molecule has 0 fully saturated rings. The Hall–Kier alpha value is -5.86. The minimum Gasteiger partial charge on any atom is -0.457 e. The van der Waals surface area contributed by atoms with Gasteiger partial charge in [-0.2, -0.15) is 0 Å². The quantitative estimate of drug-likeness (QED) is 0.191. The molecular weight excluding hydrogens is 571 g/mol. The lowest BCUT2D eigenvalue weighted by Gasteiger charge is -2.18. The van der Waals surface area contributed by atoms with E-state index >= 15 is 0 Å². The molecule has 1 aliphatic carbocycles. The van der Waals surface area contributed by atoms with Crippen molar-refractivity contribution in [3.63, 3.8) is 0 Å². The molecule has 1 aliphatic rings. The van der Waals surface area contributed by atoms with Crippen LogP contribution in [0, 0.1) is 6.92 Å². The molecule has 0 N–H and O–H groups in total. The monoisotopic (exact) mass is 603 g/mol. The van der Waals surface area contributed by atoms with Crippen molar-refractivity contribution in [3.8, 4) is 39.4 Å². The molecule has 0 amide bonds. The second kappa shape index (κ2) is 11.2. The molecule has 2 nitrogen and oxygen atoms in total. The molecule has 0 spiro atoms. The van der Waals surface area contributed by atoms with Crippen molar-refractivity contribution in [2.45, 2.75) is 19.8 Å². The molecule has 1 heterocycles. The van der Waals surface area contributed by atoms with E-state index < -0.39 is 0 Å². The molecule has 0 saturated carbocycles. The lowest BCUT2D eigenvalue weighted by atomic mass is 9.87. The van der Waals surface area contributed by atoms with Gasteiger partial charge in [0.05, 0.1) is 16.7 Å². The van der Waals surface area contributed by atoms with Crippen LogP contribution in [0.1, 0.15) is 23.1 Å². The van der Waals surface area contributed by atoms with Gasteiger partial charge in [-0.15, -0.1) is 0 Å². The number of allylic oxidation sites excluding steroid dienone is 1. The third-order valence-electron chi connectivity index (χ3n) is 9.73. The van der Waals surface area contributed by atoms with E-state index in [0.717, 1.165) is 29.9 Å². The van der Waals surface area contributed by atoms with Gasteiger partial charge in [-0.1, -0.05) is 115 Å². The van der Waals surface area contributed by atoms with E-state index in [2.05, 4.69) is 169 Å². The highest BCUT2D eigenvalue weighted by Gasteiger charge is 2.16. The Labute approximate surface area is 274 Å². The standard InChI is InChI=1S/C45H33NO/c1-30-18-27-36(38-11-3-2-10-35(30)38)31-19-23-33(24-20-31)47-34-25-21-32(22-26-34)37-28-29-45(40-13-5-4-12-39(37)40)46-43-16-8-6-14-41(43)42-15-7-9-17-44(42)46/h3-9,11-29H,2,10H2,1H3.